The summed E-state index contributed by atoms with van der Waals surface area (Å²) in [7, 11) is 3.30. The van der Waals surface area contributed by atoms with Crippen molar-refractivity contribution in [3.05, 3.63) is 82.7 Å². The predicted molar refractivity (Wildman–Crippen MR) is 113 cm³/mol. The Labute approximate surface area is 179 Å². The van der Waals surface area contributed by atoms with Gasteiger partial charge in [-0.2, -0.15) is 5.10 Å². The van der Waals surface area contributed by atoms with Crippen molar-refractivity contribution in [2.45, 2.75) is 18.6 Å². The Hall–Kier alpha value is -3.68. The fourth-order valence-electron chi connectivity index (χ4n) is 3.89. The third-order valence-electron chi connectivity index (χ3n) is 5.35. The van der Waals surface area contributed by atoms with Crippen molar-refractivity contribution in [1.29, 1.82) is 0 Å². The molecule has 0 fully saturated rings. The highest BCUT2D eigenvalue weighted by Gasteiger charge is 2.39. The zero-order chi connectivity index (χ0) is 22.0. The summed E-state index contributed by atoms with van der Waals surface area (Å²) in [5.74, 6) is -0.841. The first-order valence-electron chi connectivity index (χ1n) is 9.95. The van der Waals surface area contributed by atoms with E-state index in [9.17, 15) is 14.0 Å². The summed E-state index contributed by atoms with van der Waals surface area (Å²) >= 11 is 0. The molecule has 2 N–H and O–H groups in total. The molecule has 0 saturated heterocycles. The molecule has 0 unspecified atom stereocenters. The molecule has 2 heterocycles. The number of nitrogens with zero attached hydrogens (tertiary/aromatic N) is 2. The van der Waals surface area contributed by atoms with Gasteiger partial charge >= 0.3 is 0 Å². The fourth-order valence-corrected chi connectivity index (χ4v) is 3.89. The Morgan fingerprint density at radius 2 is 1.97 bits per heavy atom. The number of benzene rings is 2. The van der Waals surface area contributed by atoms with E-state index in [-0.39, 0.29) is 11.5 Å². The first-order chi connectivity index (χ1) is 15.0. The second-order valence-electron chi connectivity index (χ2n) is 7.43. The van der Waals surface area contributed by atoms with Crippen molar-refractivity contribution in [2.24, 2.45) is 7.05 Å². The van der Waals surface area contributed by atoms with Gasteiger partial charge in [-0.3, -0.25) is 14.3 Å². The van der Waals surface area contributed by atoms with Crippen LogP contribution in [0.5, 0.6) is 5.75 Å². The normalized spacial score (nSPS) is 17.0. The first-order valence-corrected chi connectivity index (χ1v) is 9.95. The monoisotopic (exact) mass is 422 g/mol. The average Bonchev–Trinajstić information content (AvgIpc) is 3.39. The van der Waals surface area contributed by atoms with Gasteiger partial charge < -0.3 is 15.4 Å². The van der Waals surface area contributed by atoms with Crippen LogP contribution in [0.4, 0.5) is 4.39 Å². The minimum absolute atomic E-state index is 0.211. The number of fused-ring (bicyclic) bond motifs is 1. The van der Waals surface area contributed by atoms with E-state index in [1.54, 1.807) is 24.0 Å². The van der Waals surface area contributed by atoms with Crippen molar-refractivity contribution in [3.63, 3.8) is 0 Å². The number of aromatic nitrogens is 2. The van der Waals surface area contributed by atoms with Gasteiger partial charge in [0.2, 0.25) is 0 Å². The average molecular weight is 422 g/mol. The van der Waals surface area contributed by atoms with Crippen molar-refractivity contribution >= 4 is 11.8 Å². The van der Waals surface area contributed by atoms with Crippen LogP contribution in [0.25, 0.3) is 0 Å². The van der Waals surface area contributed by atoms with Crippen LogP contribution in [-0.2, 0) is 13.6 Å². The van der Waals surface area contributed by atoms with Crippen LogP contribution >= 0.6 is 0 Å². The molecule has 160 valence electrons. The van der Waals surface area contributed by atoms with Gasteiger partial charge in [-0.05, 0) is 17.7 Å². The molecule has 0 bridgehead atoms. The lowest BCUT2D eigenvalue weighted by molar-refractivity contribution is 0.0950. The van der Waals surface area contributed by atoms with Crippen LogP contribution in [0.2, 0.25) is 0 Å². The largest absolute Gasteiger partial charge is 0.486 e. The number of nitrogens with one attached hydrogen (secondary N) is 2. The highest BCUT2D eigenvalue weighted by Crippen LogP contribution is 2.45. The Bertz CT molecular complexity index is 1110. The topological polar surface area (TPSA) is 85.3 Å². The second-order valence-corrected chi connectivity index (χ2v) is 7.43. The SMILES string of the molecule is CNC(=O)c1cc(C(=O)NCc2cnn(C)c2)cc2c1O[C@@H](CF)[C@@H]2c1ccccc1. The number of rotatable bonds is 6. The molecule has 1 aliphatic rings. The van der Waals surface area contributed by atoms with E-state index in [4.69, 9.17) is 4.74 Å². The van der Waals surface area contributed by atoms with E-state index in [1.807, 2.05) is 36.5 Å². The van der Waals surface area contributed by atoms with Crippen LogP contribution in [-0.4, -0.2) is 41.4 Å². The van der Waals surface area contributed by atoms with Crippen LogP contribution in [0, 0.1) is 0 Å². The zero-order valence-electron chi connectivity index (χ0n) is 17.3. The van der Waals surface area contributed by atoms with Gasteiger partial charge in [0, 0.05) is 43.5 Å². The van der Waals surface area contributed by atoms with Gasteiger partial charge in [-0.1, -0.05) is 30.3 Å². The van der Waals surface area contributed by atoms with Crippen molar-refractivity contribution in [1.82, 2.24) is 20.4 Å². The third kappa shape index (κ3) is 4.01. The maximum atomic E-state index is 13.9. The summed E-state index contributed by atoms with van der Waals surface area (Å²) in [6.07, 6.45) is 2.71. The molecular formula is C23H23FN4O3. The molecule has 0 saturated carbocycles. The number of aryl methyl sites for hydroxylation is 1. The summed E-state index contributed by atoms with van der Waals surface area (Å²) in [6, 6.07) is 12.6. The van der Waals surface area contributed by atoms with Crippen LogP contribution in [0.1, 0.15) is 43.3 Å². The molecule has 8 heteroatoms. The van der Waals surface area contributed by atoms with E-state index < -0.39 is 24.6 Å². The van der Waals surface area contributed by atoms with Crippen molar-refractivity contribution in [3.8, 4) is 5.75 Å². The molecule has 0 aliphatic carbocycles. The lowest BCUT2D eigenvalue weighted by Crippen LogP contribution is -2.24. The molecular weight excluding hydrogens is 399 g/mol. The standard InChI is InChI=1S/C23H23FN4O3/c1-25-23(30)18-9-16(22(29)26-11-14-12-27-28(2)13-14)8-17-20(15-6-4-3-5-7-15)19(10-24)31-21(17)18/h3-9,12-13,19-20H,10-11H2,1-2H3,(H,25,30)(H,26,29)/t19-,20+/m0/s1. The van der Waals surface area contributed by atoms with Gasteiger partial charge in [0.05, 0.1) is 17.7 Å². The quantitative estimate of drug-likeness (QED) is 0.640. The molecule has 2 aromatic carbocycles. The lowest BCUT2D eigenvalue weighted by atomic mass is 9.86. The molecule has 0 radical (unpaired) electrons. The van der Waals surface area contributed by atoms with Crippen LogP contribution < -0.4 is 15.4 Å². The number of hydrogen-bond donors (Lipinski definition) is 2. The Morgan fingerprint density at radius 3 is 2.61 bits per heavy atom. The molecule has 2 amide bonds. The van der Waals surface area contributed by atoms with Gasteiger partial charge in [0.25, 0.3) is 11.8 Å². The number of hydrogen-bond acceptors (Lipinski definition) is 4. The molecule has 4 rings (SSSR count). The Balaban J connectivity index is 1.73. The smallest absolute Gasteiger partial charge is 0.254 e. The molecule has 31 heavy (non-hydrogen) atoms. The van der Waals surface area contributed by atoms with Gasteiger partial charge in [-0.15, -0.1) is 0 Å². The Morgan fingerprint density at radius 1 is 1.19 bits per heavy atom. The number of carbonyl (C=O) groups excluding carboxylic acids is 2. The number of carbonyl (C=O) groups is 2. The second kappa shape index (κ2) is 8.59. The Kier molecular flexibility index (Phi) is 5.70. The van der Waals surface area contributed by atoms with Crippen LogP contribution in [0.15, 0.2) is 54.9 Å². The van der Waals surface area contributed by atoms with Gasteiger partial charge in [0.1, 0.15) is 18.5 Å². The number of halogens is 1. The minimum atomic E-state index is -0.769. The lowest BCUT2D eigenvalue weighted by Gasteiger charge is -2.16. The van der Waals surface area contributed by atoms with Crippen molar-refractivity contribution in [2.75, 3.05) is 13.7 Å². The molecule has 2 atom stereocenters. The van der Waals surface area contributed by atoms with Gasteiger partial charge in [0.15, 0.2) is 0 Å². The summed E-state index contributed by atoms with van der Waals surface area (Å²) in [5.41, 5.74) is 2.86. The maximum absolute atomic E-state index is 13.9. The maximum Gasteiger partial charge on any atom is 0.254 e. The molecule has 3 aromatic rings. The molecule has 7 nitrogen and oxygen atoms in total. The summed E-state index contributed by atoms with van der Waals surface area (Å²) in [4.78, 5) is 25.4. The van der Waals surface area contributed by atoms with E-state index in [0.717, 1.165) is 11.1 Å². The van der Waals surface area contributed by atoms with E-state index in [2.05, 4.69) is 15.7 Å². The summed E-state index contributed by atoms with van der Waals surface area (Å²) in [6.45, 7) is -0.422. The molecule has 1 aliphatic heterocycles. The molecule has 1 aromatic heterocycles. The first kappa shape index (κ1) is 20.6. The van der Waals surface area contributed by atoms with Gasteiger partial charge in [-0.25, -0.2) is 4.39 Å². The number of ether oxygens (including phenoxy) is 1. The minimum Gasteiger partial charge on any atom is -0.486 e. The van der Waals surface area contributed by atoms with E-state index in [1.165, 1.54) is 13.1 Å². The highest BCUT2D eigenvalue weighted by molar-refractivity contribution is 6.02. The fraction of sp³-hybridized carbons (Fsp3) is 0.261. The number of amides is 2. The highest BCUT2D eigenvalue weighted by atomic mass is 19.1. The van der Waals surface area contributed by atoms with Crippen molar-refractivity contribution < 1.29 is 18.7 Å². The zero-order valence-corrected chi connectivity index (χ0v) is 17.3. The third-order valence-corrected chi connectivity index (χ3v) is 5.35. The predicted octanol–water partition coefficient (Wildman–Crippen LogP) is 2.57. The van der Waals surface area contributed by atoms with E-state index >= 15 is 0 Å². The summed E-state index contributed by atoms with van der Waals surface area (Å²) in [5, 5.41) is 9.50. The van der Waals surface area contributed by atoms with Crippen LogP contribution in [0.3, 0.4) is 0 Å². The van der Waals surface area contributed by atoms with E-state index in [0.29, 0.717) is 23.4 Å². The number of alkyl halides is 1. The summed E-state index contributed by atoms with van der Waals surface area (Å²) < 4.78 is 21.4. The molecule has 0 spiro atoms.